The van der Waals surface area contributed by atoms with Crippen LogP contribution < -0.4 is 0 Å². The van der Waals surface area contributed by atoms with Gasteiger partial charge in [-0.2, -0.15) is 0 Å². The molecule has 0 bridgehead atoms. The maximum absolute atomic E-state index is 6.16. The lowest BCUT2D eigenvalue weighted by Crippen LogP contribution is -1.94. The quantitative estimate of drug-likeness (QED) is 0.211. The molecule has 0 aliphatic heterocycles. The van der Waals surface area contributed by atoms with Gasteiger partial charge in [-0.25, -0.2) is 0 Å². The molecule has 0 aliphatic carbocycles. The normalized spacial score (nSPS) is 12.2. The average molecular weight is 549 g/mol. The molecule has 0 fully saturated rings. The van der Waals surface area contributed by atoms with Gasteiger partial charge in [0.25, 0.3) is 0 Å². The number of nitrogens with zero attached hydrogens (tertiary/aromatic N) is 2. The first kappa shape index (κ1) is 22.8. The lowest BCUT2D eigenvalue weighted by Gasteiger charge is -2.10. The number of furan rings is 1. The predicted molar refractivity (Wildman–Crippen MR) is 180 cm³/mol. The van der Waals surface area contributed by atoms with E-state index in [0.29, 0.717) is 0 Å². The first-order valence-electron chi connectivity index (χ1n) is 14.7. The second-order valence-electron chi connectivity index (χ2n) is 11.4. The molecule has 0 saturated carbocycles. The van der Waals surface area contributed by atoms with E-state index >= 15 is 0 Å². The maximum Gasteiger partial charge on any atom is 0.135 e. The predicted octanol–water partition coefficient (Wildman–Crippen LogP) is 10.9. The number of hydrogen-bond donors (Lipinski definition) is 0. The molecule has 0 unspecified atom stereocenters. The number of rotatable bonds is 2. The van der Waals surface area contributed by atoms with E-state index in [4.69, 9.17) is 4.42 Å². The van der Waals surface area contributed by atoms with Gasteiger partial charge in [0.05, 0.1) is 22.1 Å². The van der Waals surface area contributed by atoms with Crippen LogP contribution in [0, 0.1) is 0 Å². The summed E-state index contributed by atoms with van der Waals surface area (Å²) in [5.74, 6) is 0. The zero-order valence-corrected chi connectivity index (χ0v) is 23.2. The summed E-state index contributed by atoms with van der Waals surface area (Å²) in [6, 6.07) is 52.4. The highest BCUT2D eigenvalue weighted by Gasteiger charge is 2.19. The molecule has 43 heavy (non-hydrogen) atoms. The van der Waals surface area contributed by atoms with Crippen molar-refractivity contribution in [2.45, 2.75) is 0 Å². The van der Waals surface area contributed by atoms with Gasteiger partial charge in [0, 0.05) is 43.7 Å². The molecule has 3 heteroatoms. The van der Waals surface area contributed by atoms with E-state index in [1.807, 2.05) is 12.1 Å². The smallest absolute Gasteiger partial charge is 0.135 e. The first-order valence-corrected chi connectivity index (χ1v) is 14.7. The second-order valence-corrected chi connectivity index (χ2v) is 11.4. The molecule has 3 heterocycles. The Morgan fingerprint density at radius 2 is 1.02 bits per heavy atom. The minimum Gasteiger partial charge on any atom is -0.456 e. The Hall–Kier alpha value is -5.80. The fourth-order valence-corrected chi connectivity index (χ4v) is 7.24. The lowest BCUT2D eigenvalue weighted by molar-refractivity contribution is 0.669. The monoisotopic (exact) mass is 548 g/mol. The SMILES string of the molecule is c1ccc(-n2c3ccccc3c3cc4c(ccc5c4c4ccccc4n5-c4ccc5oc6ccccc6c5c4)cc32)cc1. The van der Waals surface area contributed by atoms with Crippen molar-refractivity contribution in [3.8, 4) is 11.4 Å². The Morgan fingerprint density at radius 1 is 0.349 bits per heavy atom. The molecule has 0 amide bonds. The van der Waals surface area contributed by atoms with Crippen molar-refractivity contribution in [1.29, 1.82) is 0 Å². The number of aromatic nitrogens is 2. The van der Waals surface area contributed by atoms with Crippen LogP contribution in [0.25, 0.3) is 87.7 Å². The molecule has 10 aromatic rings. The van der Waals surface area contributed by atoms with E-state index in [9.17, 15) is 0 Å². The summed E-state index contributed by atoms with van der Waals surface area (Å²) in [6.07, 6.45) is 0. The Morgan fingerprint density at radius 3 is 1.88 bits per heavy atom. The van der Waals surface area contributed by atoms with E-state index in [1.54, 1.807) is 0 Å². The second kappa shape index (κ2) is 8.37. The molecular weight excluding hydrogens is 524 g/mol. The molecule has 3 aromatic heterocycles. The van der Waals surface area contributed by atoms with Crippen molar-refractivity contribution in [3.05, 3.63) is 146 Å². The van der Waals surface area contributed by atoms with Crippen LogP contribution in [0.5, 0.6) is 0 Å². The first-order chi connectivity index (χ1) is 21.3. The van der Waals surface area contributed by atoms with Crippen LogP contribution >= 0.6 is 0 Å². The van der Waals surface area contributed by atoms with Crippen molar-refractivity contribution in [2.24, 2.45) is 0 Å². The van der Waals surface area contributed by atoms with Crippen LogP contribution in [0.1, 0.15) is 0 Å². The third-order valence-corrected chi connectivity index (χ3v) is 9.08. The van der Waals surface area contributed by atoms with Gasteiger partial charge in [-0.1, -0.05) is 78.9 Å². The fourth-order valence-electron chi connectivity index (χ4n) is 7.24. The summed E-state index contributed by atoms with van der Waals surface area (Å²) in [7, 11) is 0. The molecule has 7 aromatic carbocycles. The molecule has 0 saturated heterocycles. The van der Waals surface area contributed by atoms with Gasteiger partial charge in [-0.3, -0.25) is 0 Å². The average Bonchev–Trinajstić information content (AvgIpc) is 3.71. The molecule has 0 aliphatic rings. The van der Waals surface area contributed by atoms with Crippen LogP contribution in [-0.4, -0.2) is 9.13 Å². The third kappa shape index (κ3) is 3.08. The summed E-state index contributed by atoms with van der Waals surface area (Å²) in [6.45, 7) is 0. The summed E-state index contributed by atoms with van der Waals surface area (Å²) in [5, 5.41) is 9.85. The highest BCUT2D eigenvalue weighted by atomic mass is 16.3. The van der Waals surface area contributed by atoms with Crippen molar-refractivity contribution < 1.29 is 4.42 Å². The minimum atomic E-state index is 0.911. The third-order valence-electron chi connectivity index (χ3n) is 9.08. The molecule has 10 rings (SSSR count). The van der Waals surface area contributed by atoms with E-state index in [1.165, 1.54) is 60.1 Å². The van der Waals surface area contributed by atoms with E-state index < -0.39 is 0 Å². The standard InChI is InChI=1S/C40H24N2O/c1-2-10-26(11-3-1)41-34-15-7-4-12-28(34)32-24-31-25(22-37(32)41)18-20-36-40(31)30-14-5-8-16-35(30)42(36)27-19-21-39-33(23-27)29-13-6-9-17-38(29)43-39/h1-24H. The number of benzene rings is 7. The number of hydrogen-bond acceptors (Lipinski definition) is 1. The van der Waals surface area contributed by atoms with Crippen LogP contribution in [0.4, 0.5) is 0 Å². The van der Waals surface area contributed by atoms with Gasteiger partial charge in [-0.15, -0.1) is 0 Å². The van der Waals surface area contributed by atoms with Crippen molar-refractivity contribution in [1.82, 2.24) is 9.13 Å². The van der Waals surface area contributed by atoms with Crippen LogP contribution in [0.15, 0.2) is 150 Å². The minimum absolute atomic E-state index is 0.911. The summed E-state index contributed by atoms with van der Waals surface area (Å²) in [5.41, 5.74) is 8.98. The molecule has 3 nitrogen and oxygen atoms in total. The highest BCUT2D eigenvalue weighted by molar-refractivity contribution is 6.25. The molecular formula is C40H24N2O. The van der Waals surface area contributed by atoms with E-state index in [2.05, 4.69) is 143 Å². The Kier molecular flexibility index (Phi) is 4.45. The van der Waals surface area contributed by atoms with E-state index in [0.717, 1.165) is 27.6 Å². The Labute approximate surface area is 246 Å². The topological polar surface area (TPSA) is 23.0 Å². The van der Waals surface area contributed by atoms with Crippen LogP contribution in [0.2, 0.25) is 0 Å². The van der Waals surface area contributed by atoms with Crippen LogP contribution in [-0.2, 0) is 0 Å². The van der Waals surface area contributed by atoms with Gasteiger partial charge in [0.1, 0.15) is 11.2 Å². The van der Waals surface area contributed by atoms with Gasteiger partial charge in [0.2, 0.25) is 0 Å². The summed E-state index contributed by atoms with van der Waals surface area (Å²) < 4.78 is 11.0. The van der Waals surface area contributed by atoms with Gasteiger partial charge in [0.15, 0.2) is 0 Å². The van der Waals surface area contributed by atoms with Gasteiger partial charge < -0.3 is 13.6 Å². The van der Waals surface area contributed by atoms with Crippen LogP contribution in [0.3, 0.4) is 0 Å². The molecule has 0 spiro atoms. The zero-order chi connectivity index (χ0) is 28.1. The number of para-hydroxylation sites is 4. The van der Waals surface area contributed by atoms with Crippen molar-refractivity contribution >= 4 is 76.3 Å². The van der Waals surface area contributed by atoms with Gasteiger partial charge in [-0.05, 0) is 77.5 Å². The van der Waals surface area contributed by atoms with Crippen molar-refractivity contribution in [3.63, 3.8) is 0 Å². The highest BCUT2D eigenvalue weighted by Crippen LogP contribution is 2.41. The molecule has 200 valence electrons. The van der Waals surface area contributed by atoms with E-state index in [-0.39, 0.29) is 0 Å². The summed E-state index contributed by atoms with van der Waals surface area (Å²) >= 11 is 0. The molecule has 0 radical (unpaired) electrons. The molecule has 0 atom stereocenters. The lowest BCUT2D eigenvalue weighted by atomic mass is 10.0. The summed E-state index contributed by atoms with van der Waals surface area (Å²) in [4.78, 5) is 0. The largest absolute Gasteiger partial charge is 0.456 e. The molecule has 0 N–H and O–H groups in total. The van der Waals surface area contributed by atoms with Gasteiger partial charge >= 0.3 is 0 Å². The Bertz CT molecular complexity index is 2720. The zero-order valence-electron chi connectivity index (χ0n) is 23.2. The number of fused-ring (bicyclic) bond motifs is 11. The Balaban J connectivity index is 1.32. The van der Waals surface area contributed by atoms with Crippen molar-refractivity contribution in [2.75, 3.05) is 0 Å². The maximum atomic E-state index is 6.16. The fraction of sp³-hybridized carbons (Fsp3) is 0.